The Kier molecular flexibility index (Phi) is 7.06. The summed E-state index contributed by atoms with van der Waals surface area (Å²) in [5, 5.41) is 3.05. The van der Waals surface area contributed by atoms with E-state index in [1.54, 1.807) is 55.4 Å². The zero-order valence-electron chi connectivity index (χ0n) is 17.3. The summed E-state index contributed by atoms with van der Waals surface area (Å²) in [6, 6.07) is 16.1. The number of nitrogens with zero attached hydrogens (tertiary/aromatic N) is 2. The Morgan fingerprint density at radius 3 is 2.30 bits per heavy atom. The maximum absolute atomic E-state index is 13.0. The molecule has 0 radical (unpaired) electrons. The van der Waals surface area contributed by atoms with Crippen molar-refractivity contribution in [3.8, 4) is 5.75 Å². The third-order valence-corrected chi connectivity index (χ3v) is 5.12. The number of piperidine rings is 1. The van der Waals surface area contributed by atoms with Crippen LogP contribution in [0.3, 0.4) is 0 Å². The van der Waals surface area contributed by atoms with E-state index >= 15 is 0 Å². The van der Waals surface area contributed by atoms with Gasteiger partial charge in [0.05, 0.1) is 5.56 Å². The lowest BCUT2D eigenvalue weighted by molar-refractivity contribution is -0.130. The molecule has 158 valence electrons. The van der Waals surface area contributed by atoms with Gasteiger partial charge in [-0.25, -0.2) is 0 Å². The first-order valence-corrected chi connectivity index (χ1v) is 10.0. The number of nitrogens with one attached hydrogen (secondary N) is 1. The van der Waals surface area contributed by atoms with Gasteiger partial charge in [0.1, 0.15) is 5.75 Å². The largest absolute Gasteiger partial charge is 0.483 e. The predicted molar refractivity (Wildman–Crippen MR) is 113 cm³/mol. The second-order valence-corrected chi connectivity index (χ2v) is 7.48. The van der Waals surface area contributed by atoms with Crippen LogP contribution in [0.25, 0.3) is 0 Å². The summed E-state index contributed by atoms with van der Waals surface area (Å²) in [5.41, 5.74) is 1.07. The number of hydrogen-bond acceptors (Lipinski definition) is 4. The molecule has 0 spiro atoms. The predicted octanol–water partition coefficient (Wildman–Crippen LogP) is 2.19. The summed E-state index contributed by atoms with van der Waals surface area (Å²) in [6.07, 6.45) is 1.37. The fraction of sp³-hybridized carbons (Fsp3) is 0.348. The first-order chi connectivity index (χ1) is 14.5. The molecule has 1 heterocycles. The van der Waals surface area contributed by atoms with Crippen LogP contribution in [-0.4, -0.2) is 67.4 Å². The molecule has 3 amide bonds. The number of carbonyl (C=O) groups excluding carboxylic acids is 3. The van der Waals surface area contributed by atoms with Crippen molar-refractivity contribution < 1.29 is 19.1 Å². The zero-order valence-corrected chi connectivity index (χ0v) is 17.3. The van der Waals surface area contributed by atoms with Gasteiger partial charge in [-0.3, -0.25) is 14.4 Å². The number of para-hydroxylation sites is 1. The maximum atomic E-state index is 13.0. The molecular weight excluding hydrogens is 382 g/mol. The van der Waals surface area contributed by atoms with E-state index in [2.05, 4.69) is 5.32 Å². The van der Waals surface area contributed by atoms with E-state index in [1.165, 1.54) is 4.90 Å². The molecule has 1 fully saturated rings. The summed E-state index contributed by atoms with van der Waals surface area (Å²) in [5.74, 6) is 0.00449. The van der Waals surface area contributed by atoms with E-state index < -0.39 is 0 Å². The number of amides is 3. The normalized spacial score (nSPS) is 14.1. The number of rotatable bonds is 6. The fourth-order valence-electron chi connectivity index (χ4n) is 3.29. The highest BCUT2D eigenvalue weighted by Crippen LogP contribution is 2.22. The van der Waals surface area contributed by atoms with Crippen molar-refractivity contribution in [3.63, 3.8) is 0 Å². The zero-order chi connectivity index (χ0) is 21.5. The number of ether oxygens (including phenoxy) is 1. The number of likely N-dealkylation sites (N-methyl/N-ethyl adjacent to an activating group) is 1. The molecule has 1 aliphatic rings. The molecule has 2 aromatic carbocycles. The summed E-state index contributed by atoms with van der Waals surface area (Å²) in [6.45, 7) is 0.970. The molecule has 0 bridgehead atoms. The Hall–Kier alpha value is -3.35. The van der Waals surface area contributed by atoms with Crippen molar-refractivity contribution in [1.29, 1.82) is 0 Å². The van der Waals surface area contributed by atoms with Crippen molar-refractivity contribution in [2.24, 2.45) is 0 Å². The number of carbonyl (C=O) groups is 3. The van der Waals surface area contributed by atoms with Crippen LogP contribution in [0.1, 0.15) is 33.6 Å². The fourth-order valence-corrected chi connectivity index (χ4v) is 3.29. The van der Waals surface area contributed by atoms with Crippen LogP contribution in [0.15, 0.2) is 54.6 Å². The third kappa shape index (κ3) is 5.37. The second-order valence-electron chi connectivity index (χ2n) is 7.48. The minimum Gasteiger partial charge on any atom is -0.483 e. The molecule has 1 N–H and O–H groups in total. The Morgan fingerprint density at radius 1 is 1.00 bits per heavy atom. The van der Waals surface area contributed by atoms with Crippen LogP contribution in [0.2, 0.25) is 0 Å². The molecule has 0 aliphatic carbocycles. The van der Waals surface area contributed by atoms with Gasteiger partial charge >= 0.3 is 0 Å². The van der Waals surface area contributed by atoms with Gasteiger partial charge in [0.25, 0.3) is 17.7 Å². The summed E-state index contributed by atoms with van der Waals surface area (Å²) >= 11 is 0. The molecule has 1 aliphatic heterocycles. The SMILES string of the molecule is CN(C)C(=O)COc1ccccc1C(=O)N1CCC(NC(=O)c2ccccc2)CC1. The molecule has 0 aromatic heterocycles. The average Bonchev–Trinajstić information content (AvgIpc) is 2.78. The first kappa shape index (κ1) is 21.4. The van der Waals surface area contributed by atoms with E-state index in [9.17, 15) is 14.4 Å². The number of benzene rings is 2. The highest BCUT2D eigenvalue weighted by Gasteiger charge is 2.26. The van der Waals surface area contributed by atoms with E-state index in [1.807, 2.05) is 18.2 Å². The Morgan fingerprint density at radius 2 is 1.63 bits per heavy atom. The Balaban J connectivity index is 1.56. The van der Waals surface area contributed by atoms with E-state index in [-0.39, 0.29) is 30.4 Å². The lowest BCUT2D eigenvalue weighted by atomic mass is 10.0. The quantitative estimate of drug-likeness (QED) is 0.793. The Labute approximate surface area is 176 Å². The average molecular weight is 409 g/mol. The van der Waals surface area contributed by atoms with Gasteiger partial charge < -0.3 is 19.9 Å². The third-order valence-electron chi connectivity index (χ3n) is 5.12. The van der Waals surface area contributed by atoms with Crippen LogP contribution >= 0.6 is 0 Å². The molecular formula is C23H27N3O4. The molecule has 1 saturated heterocycles. The van der Waals surface area contributed by atoms with Crippen molar-refractivity contribution in [2.75, 3.05) is 33.8 Å². The summed E-state index contributed by atoms with van der Waals surface area (Å²) in [4.78, 5) is 40.3. The smallest absolute Gasteiger partial charge is 0.259 e. The van der Waals surface area contributed by atoms with Gasteiger partial charge in [0.15, 0.2) is 6.61 Å². The van der Waals surface area contributed by atoms with Gasteiger partial charge in [-0.1, -0.05) is 30.3 Å². The highest BCUT2D eigenvalue weighted by atomic mass is 16.5. The van der Waals surface area contributed by atoms with Crippen molar-refractivity contribution in [3.05, 3.63) is 65.7 Å². The molecule has 0 unspecified atom stereocenters. The van der Waals surface area contributed by atoms with E-state index in [4.69, 9.17) is 4.74 Å². The van der Waals surface area contributed by atoms with Crippen molar-refractivity contribution in [2.45, 2.75) is 18.9 Å². The highest BCUT2D eigenvalue weighted by molar-refractivity contribution is 5.97. The van der Waals surface area contributed by atoms with E-state index in [0.29, 0.717) is 42.8 Å². The summed E-state index contributed by atoms with van der Waals surface area (Å²) < 4.78 is 5.60. The van der Waals surface area contributed by atoms with Gasteiger partial charge in [0, 0.05) is 38.8 Å². The maximum Gasteiger partial charge on any atom is 0.259 e. The van der Waals surface area contributed by atoms with Crippen LogP contribution in [0, 0.1) is 0 Å². The molecule has 7 heteroatoms. The van der Waals surface area contributed by atoms with Crippen LogP contribution in [-0.2, 0) is 4.79 Å². The van der Waals surface area contributed by atoms with Crippen LogP contribution < -0.4 is 10.1 Å². The molecule has 0 atom stereocenters. The van der Waals surface area contributed by atoms with Crippen LogP contribution in [0.4, 0.5) is 0 Å². The topological polar surface area (TPSA) is 79.0 Å². The molecule has 3 rings (SSSR count). The lowest BCUT2D eigenvalue weighted by Gasteiger charge is -2.32. The molecule has 30 heavy (non-hydrogen) atoms. The monoisotopic (exact) mass is 409 g/mol. The van der Waals surface area contributed by atoms with Gasteiger partial charge in [-0.2, -0.15) is 0 Å². The van der Waals surface area contributed by atoms with Gasteiger partial charge in [-0.05, 0) is 37.1 Å². The first-order valence-electron chi connectivity index (χ1n) is 10.0. The lowest BCUT2D eigenvalue weighted by Crippen LogP contribution is -2.46. The summed E-state index contributed by atoms with van der Waals surface area (Å²) in [7, 11) is 3.31. The molecule has 0 saturated carbocycles. The Bertz CT molecular complexity index is 890. The number of hydrogen-bond donors (Lipinski definition) is 1. The van der Waals surface area contributed by atoms with Crippen LogP contribution in [0.5, 0.6) is 5.75 Å². The van der Waals surface area contributed by atoms with Crippen molar-refractivity contribution >= 4 is 17.7 Å². The molecule has 7 nitrogen and oxygen atoms in total. The second kappa shape index (κ2) is 9.91. The van der Waals surface area contributed by atoms with Gasteiger partial charge in [-0.15, -0.1) is 0 Å². The molecule has 2 aromatic rings. The standard InChI is InChI=1S/C23H27N3O4/c1-25(2)21(27)16-30-20-11-7-6-10-19(20)23(29)26-14-12-18(13-15-26)24-22(28)17-8-4-3-5-9-17/h3-11,18H,12-16H2,1-2H3,(H,24,28). The minimum atomic E-state index is -0.174. The number of likely N-dealkylation sites (tertiary alicyclic amines) is 1. The van der Waals surface area contributed by atoms with E-state index in [0.717, 1.165) is 0 Å². The minimum absolute atomic E-state index is 0.0333. The van der Waals surface area contributed by atoms with Gasteiger partial charge in [0.2, 0.25) is 0 Å². The van der Waals surface area contributed by atoms with Crippen molar-refractivity contribution in [1.82, 2.24) is 15.1 Å².